The Kier molecular flexibility index (Phi) is 4.50. The summed E-state index contributed by atoms with van der Waals surface area (Å²) in [4.78, 5) is 2.51. The van der Waals surface area contributed by atoms with Gasteiger partial charge in [0.05, 0.1) is 0 Å². The summed E-state index contributed by atoms with van der Waals surface area (Å²) in [6, 6.07) is 8.96. The van der Waals surface area contributed by atoms with Crippen molar-refractivity contribution in [3.63, 3.8) is 0 Å². The van der Waals surface area contributed by atoms with Crippen LogP contribution in [0.15, 0.2) is 28.7 Å². The van der Waals surface area contributed by atoms with Gasteiger partial charge < -0.3 is 9.73 Å². The molecule has 2 aromatic rings. The zero-order valence-corrected chi connectivity index (χ0v) is 12.3. The molecule has 104 valence electrons. The fraction of sp³-hybridized carbons (Fsp3) is 0.467. The molecular weight excluding hydrogens is 260 g/mol. The number of furan rings is 1. The molecule has 19 heavy (non-hydrogen) atoms. The molecule has 1 aliphatic heterocycles. The minimum absolute atomic E-state index is 0. The average Bonchev–Trinajstić information content (AvgIpc) is 2.96. The Balaban J connectivity index is 0.00000133. The lowest BCUT2D eigenvalue weighted by Gasteiger charge is -2.15. The van der Waals surface area contributed by atoms with E-state index in [2.05, 4.69) is 29.3 Å². The fourth-order valence-electron chi connectivity index (χ4n) is 2.85. The molecule has 4 heteroatoms. The lowest BCUT2D eigenvalue weighted by molar-refractivity contribution is 0.321. The molecule has 3 rings (SSSR count). The quantitative estimate of drug-likeness (QED) is 0.937. The smallest absolute Gasteiger partial charge is 0.134 e. The number of likely N-dealkylation sites (N-methyl/N-ethyl adjacent to an activating group) is 1. The van der Waals surface area contributed by atoms with Crippen LogP contribution in [0.1, 0.15) is 17.7 Å². The fourth-order valence-corrected chi connectivity index (χ4v) is 2.85. The van der Waals surface area contributed by atoms with Gasteiger partial charge in [0.1, 0.15) is 11.3 Å². The molecule has 1 aromatic heterocycles. The van der Waals surface area contributed by atoms with Gasteiger partial charge in [-0.3, -0.25) is 4.90 Å². The highest BCUT2D eigenvalue weighted by molar-refractivity contribution is 5.85. The third-order valence-corrected chi connectivity index (χ3v) is 3.96. The monoisotopic (exact) mass is 280 g/mol. The molecule has 1 atom stereocenters. The van der Waals surface area contributed by atoms with Crippen molar-refractivity contribution in [1.29, 1.82) is 0 Å². The van der Waals surface area contributed by atoms with Crippen molar-refractivity contribution in [2.45, 2.75) is 25.9 Å². The van der Waals surface area contributed by atoms with Crippen molar-refractivity contribution in [3.05, 3.63) is 35.6 Å². The molecule has 3 nitrogen and oxygen atoms in total. The van der Waals surface area contributed by atoms with Gasteiger partial charge in [-0.2, -0.15) is 0 Å². The van der Waals surface area contributed by atoms with Crippen molar-refractivity contribution in [3.8, 4) is 0 Å². The number of nitrogens with zero attached hydrogens (tertiary/aromatic N) is 1. The molecule has 0 spiro atoms. The highest BCUT2D eigenvalue weighted by atomic mass is 35.5. The lowest BCUT2D eigenvalue weighted by atomic mass is 10.1. The maximum Gasteiger partial charge on any atom is 0.134 e. The number of hydrogen-bond donors (Lipinski definition) is 1. The van der Waals surface area contributed by atoms with Crippen molar-refractivity contribution in [1.82, 2.24) is 10.2 Å². The van der Waals surface area contributed by atoms with Crippen LogP contribution in [0.5, 0.6) is 0 Å². The van der Waals surface area contributed by atoms with E-state index in [0.717, 1.165) is 24.4 Å². The van der Waals surface area contributed by atoms with Gasteiger partial charge in [0, 0.05) is 36.6 Å². The molecule has 0 saturated carbocycles. The van der Waals surface area contributed by atoms with E-state index in [1.807, 2.05) is 19.2 Å². The van der Waals surface area contributed by atoms with Gasteiger partial charge in [0.2, 0.25) is 0 Å². The predicted molar refractivity (Wildman–Crippen MR) is 80.9 cm³/mol. The minimum Gasteiger partial charge on any atom is -0.461 e. The van der Waals surface area contributed by atoms with Crippen LogP contribution in [0.3, 0.4) is 0 Å². The van der Waals surface area contributed by atoms with Crippen LogP contribution in [0.25, 0.3) is 11.0 Å². The summed E-state index contributed by atoms with van der Waals surface area (Å²) in [6.45, 7) is 5.38. The molecule has 1 unspecified atom stereocenters. The van der Waals surface area contributed by atoms with Crippen LogP contribution in [-0.4, -0.2) is 31.1 Å². The number of rotatable bonds is 3. The van der Waals surface area contributed by atoms with Crippen LogP contribution in [0, 0.1) is 6.92 Å². The van der Waals surface area contributed by atoms with Crippen molar-refractivity contribution < 1.29 is 4.42 Å². The number of aryl methyl sites for hydroxylation is 1. The van der Waals surface area contributed by atoms with Gasteiger partial charge in [-0.25, -0.2) is 0 Å². The van der Waals surface area contributed by atoms with Crippen LogP contribution in [0.2, 0.25) is 0 Å². The van der Waals surface area contributed by atoms with Crippen molar-refractivity contribution in [2.24, 2.45) is 0 Å². The highest BCUT2D eigenvalue weighted by Crippen LogP contribution is 2.27. The van der Waals surface area contributed by atoms with Crippen LogP contribution in [-0.2, 0) is 6.54 Å². The molecule has 2 heterocycles. The summed E-state index contributed by atoms with van der Waals surface area (Å²) < 4.78 is 5.82. The minimum atomic E-state index is 0. The third kappa shape index (κ3) is 2.78. The standard InChI is InChI=1S/C15H20N2O.ClH/c1-11-14(10-17-8-7-12(9-17)16-2)13-5-3-4-6-15(13)18-11;/h3-6,12,16H,7-10H2,1-2H3;1H. The van der Waals surface area contributed by atoms with E-state index < -0.39 is 0 Å². The van der Waals surface area contributed by atoms with E-state index >= 15 is 0 Å². The number of hydrogen-bond acceptors (Lipinski definition) is 3. The van der Waals surface area contributed by atoms with E-state index in [-0.39, 0.29) is 12.4 Å². The van der Waals surface area contributed by atoms with Crippen molar-refractivity contribution >= 4 is 23.4 Å². The third-order valence-electron chi connectivity index (χ3n) is 3.96. The maximum atomic E-state index is 5.82. The molecule has 1 saturated heterocycles. The first-order chi connectivity index (χ1) is 8.78. The van der Waals surface area contributed by atoms with Gasteiger partial charge >= 0.3 is 0 Å². The Morgan fingerprint density at radius 1 is 1.37 bits per heavy atom. The first-order valence-electron chi connectivity index (χ1n) is 6.64. The second-order valence-electron chi connectivity index (χ2n) is 5.14. The Labute approximate surface area is 120 Å². The molecule has 1 N–H and O–H groups in total. The van der Waals surface area contributed by atoms with E-state index in [1.54, 1.807) is 0 Å². The predicted octanol–water partition coefficient (Wildman–Crippen LogP) is 2.96. The number of para-hydroxylation sites is 1. The molecule has 0 bridgehead atoms. The number of fused-ring (bicyclic) bond motifs is 1. The second kappa shape index (κ2) is 5.95. The van der Waals surface area contributed by atoms with Crippen molar-refractivity contribution in [2.75, 3.05) is 20.1 Å². The van der Waals surface area contributed by atoms with Crippen LogP contribution < -0.4 is 5.32 Å². The van der Waals surface area contributed by atoms with E-state index in [0.29, 0.717) is 6.04 Å². The second-order valence-corrected chi connectivity index (χ2v) is 5.14. The highest BCUT2D eigenvalue weighted by Gasteiger charge is 2.22. The average molecular weight is 281 g/mol. The summed E-state index contributed by atoms with van der Waals surface area (Å²) in [5, 5.41) is 4.63. The van der Waals surface area contributed by atoms with E-state index in [1.165, 1.54) is 23.9 Å². The summed E-state index contributed by atoms with van der Waals surface area (Å²) in [5.74, 6) is 1.06. The molecule has 1 fully saturated rings. The van der Waals surface area contributed by atoms with E-state index in [4.69, 9.17) is 4.42 Å². The molecule has 1 aromatic carbocycles. The summed E-state index contributed by atoms with van der Waals surface area (Å²) in [6.07, 6.45) is 1.24. The molecular formula is C15H21ClN2O. The summed E-state index contributed by atoms with van der Waals surface area (Å²) >= 11 is 0. The van der Waals surface area contributed by atoms with Gasteiger partial charge in [0.15, 0.2) is 0 Å². The first kappa shape index (κ1) is 14.4. The number of benzene rings is 1. The van der Waals surface area contributed by atoms with E-state index in [9.17, 15) is 0 Å². The molecule has 0 aliphatic carbocycles. The summed E-state index contributed by atoms with van der Waals surface area (Å²) in [7, 11) is 2.05. The zero-order chi connectivity index (χ0) is 12.5. The number of halogens is 1. The van der Waals surface area contributed by atoms with Gasteiger partial charge in [-0.15, -0.1) is 12.4 Å². The van der Waals surface area contributed by atoms with Crippen LogP contribution in [0.4, 0.5) is 0 Å². The Bertz CT molecular complexity index is 552. The SMILES string of the molecule is CNC1CCN(Cc2c(C)oc3ccccc23)C1.Cl. The molecule has 0 radical (unpaired) electrons. The van der Waals surface area contributed by atoms with Gasteiger partial charge in [-0.05, 0) is 26.5 Å². The zero-order valence-electron chi connectivity index (χ0n) is 11.5. The first-order valence-corrected chi connectivity index (χ1v) is 6.64. The lowest BCUT2D eigenvalue weighted by Crippen LogP contribution is -2.29. The Hall–Kier alpha value is -1.03. The largest absolute Gasteiger partial charge is 0.461 e. The molecule has 1 aliphatic rings. The number of nitrogens with one attached hydrogen (secondary N) is 1. The molecule has 0 amide bonds. The Morgan fingerprint density at radius 3 is 2.89 bits per heavy atom. The topological polar surface area (TPSA) is 28.4 Å². The van der Waals surface area contributed by atoms with Crippen LogP contribution >= 0.6 is 12.4 Å². The Morgan fingerprint density at radius 2 is 2.16 bits per heavy atom. The van der Waals surface area contributed by atoms with Gasteiger partial charge in [0.25, 0.3) is 0 Å². The maximum absolute atomic E-state index is 5.82. The normalized spacial score (nSPS) is 19.8. The number of likely N-dealkylation sites (tertiary alicyclic amines) is 1. The van der Waals surface area contributed by atoms with Gasteiger partial charge in [-0.1, -0.05) is 18.2 Å². The summed E-state index contributed by atoms with van der Waals surface area (Å²) in [5.41, 5.74) is 2.36.